The number of carbonyl (C=O) groups excluding carboxylic acids is 1. The Morgan fingerprint density at radius 2 is 2.10 bits per heavy atom. The largest absolute Gasteiger partial charge is 0.481 e. The standard InChI is InChI=1S/C16H22N2O3/c1-12(14-5-3-2-4-6-14)10-17-16(21)18-8-7-13(11-18)9-15(19)20/h2-6,12-13H,7-11H2,1H3,(H,17,21)(H,19,20). The molecule has 2 amide bonds. The first-order valence-corrected chi connectivity index (χ1v) is 7.35. The highest BCUT2D eigenvalue weighted by Gasteiger charge is 2.27. The van der Waals surface area contributed by atoms with E-state index in [1.165, 1.54) is 5.56 Å². The molecule has 0 aromatic heterocycles. The fourth-order valence-electron chi connectivity index (χ4n) is 2.68. The SMILES string of the molecule is CC(CNC(=O)N1CCC(CC(=O)O)C1)c1ccccc1. The predicted molar refractivity (Wildman–Crippen MR) is 80.2 cm³/mol. The summed E-state index contributed by atoms with van der Waals surface area (Å²) in [4.78, 5) is 24.5. The topological polar surface area (TPSA) is 69.6 Å². The molecular formula is C16H22N2O3. The average molecular weight is 290 g/mol. The molecule has 1 aliphatic rings. The predicted octanol–water partition coefficient (Wildman–Crippen LogP) is 2.30. The third-order valence-corrected chi connectivity index (χ3v) is 3.96. The van der Waals surface area contributed by atoms with Gasteiger partial charge in [0.25, 0.3) is 0 Å². The first-order valence-electron chi connectivity index (χ1n) is 7.35. The van der Waals surface area contributed by atoms with Crippen LogP contribution in [0.4, 0.5) is 4.79 Å². The van der Waals surface area contributed by atoms with E-state index in [0.717, 1.165) is 6.42 Å². The van der Waals surface area contributed by atoms with Gasteiger partial charge in [-0.3, -0.25) is 4.79 Å². The van der Waals surface area contributed by atoms with Gasteiger partial charge in [0, 0.05) is 26.1 Å². The number of hydrogen-bond acceptors (Lipinski definition) is 2. The van der Waals surface area contributed by atoms with E-state index in [4.69, 9.17) is 5.11 Å². The van der Waals surface area contributed by atoms with Crippen LogP contribution in [0.1, 0.15) is 31.2 Å². The summed E-state index contributed by atoms with van der Waals surface area (Å²) in [6.45, 7) is 3.84. The molecule has 2 atom stereocenters. The zero-order chi connectivity index (χ0) is 15.2. The van der Waals surface area contributed by atoms with Crippen molar-refractivity contribution in [3.63, 3.8) is 0 Å². The van der Waals surface area contributed by atoms with Gasteiger partial charge >= 0.3 is 12.0 Å². The van der Waals surface area contributed by atoms with Crippen molar-refractivity contribution in [1.29, 1.82) is 0 Å². The molecule has 1 heterocycles. The van der Waals surface area contributed by atoms with E-state index in [1.807, 2.05) is 18.2 Å². The molecule has 5 nitrogen and oxygen atoms in total. The smallest absolute Gasteiger partial charge is 0.317 e. The van der Waals surface area contributed by atoms with Gasteiger partial charge in [-0.15, -0.1) is 0 Å². The lowest BCUT2D eigenvalue weighted by Crippen LogP contribution is -2.40. The highest BCUT2D eigenvalue weighted by Crippen LogP contribution is 2.20. The van der Waals surface area contributed by atoms with Gasteiger partial charge in [0.05, 0.1) is 0 Å². The van der Waals surface area contributed by atoms with Crippen LogP contribution >= 0.6 is 0 Å². The maximum absolute atomic E-state index is 12.1. The fourth-order valence-corrected chi connectivity index (χ4v) is 2.68. The van der Waals surface area contributed by atoms with E-state index < -0.39 is 5.97 Å². The number of nitrogens with zero attached hydrogens (tertiary/aromatic N) is 1. The van der Waals surface area contributed by atoms with Crippen LogP contribution in [0.5, 0.6) is 0 Å². The maximum Gasteiger partial charge on any atom is 0.317 e. The normalized spacial score (nSPS) is 19.3. The van der Waals surface area contributed by atoms with Crippen molar-refractivity contribution in [2.24, 2.45) is 5.92 Å². The van der Waals surface area contributed by atoms with E-state index in [9.17, 15) is 9.59 Å². The van der Waals surface area contributed by atoms with Gasteiger partial charge in [-0.25, -0.2) is 4.79 Å². The average Bonchev–Trinajstić information content (AvgIpc) is 2.93. The van der Waals surface area contributed by atoms with Crippen molar-refractivity contribution >= 4 is 12.0 Å². The molecule has 21 heavy (non-hydrogen) atoms. The van der Waals surface area contributed by atoms with Crippen molar-refractivity contribution in [2.45, 2.75) is 25.7 Å². The van der Waals surface area contributed by atoms with Crippen LogP contribution in [0, 0.1) is 5.92 Å². The van der Waals surface area contributed by atoms with Gasteiger partial charge < -0.3 is 15.3 Å². The summed E-state index contributed by atoms with van der Waals surface area (Å²) in [6.07, 6.45) is 0.915. The molecule has 5 heteroatoms. The van der Waals surface area contributed by atoms with Crippen molar-refractivity contribution in [3.8, 4) is 0 Å². The van der Waals surface area contributed by atoms with Gasteiger partial charge in [0.1, 0.15) is 0 Å². The van der Waals surface area contributed by atoms with Gasteiger partial charge in [-0.05, 0) is 23.8 Å². The first kappa shape index (κ1) is 15.4. The number of aliphatic carboxylic acids is 1. The molecule has 2 rings (SSSR count). The summed E-state index contributed by atoms with van der Waals surface area (Å²) < 4.78 is 0. The number of nitrogens with one attached hydrogen (secondary N) is 1. The molecule has 1 fully saturated rings. The highest BCUT2D eigenvalue weighted by atomic mass is 16.4. The Labute approximate surface area is 125 Å². The molecule has 114 valence electrons. The molecule has 0 bridgehead atoms. The van der Waals surface area contributed by atoms with Crippen molar-refractivity contribution < 1.29 is 14.7 Å². The molecule has 1 aliphatic heterocycles. The summed E-state index contributed by atoms with van der Waals surface area (Å²) in [6, 6.07) is 9.97. The second-order valence-electron chi connectivity index (χ2n) is 5.70. The Bertz CT molecular complexity index is 490. The number of carboxylic acids is 1. The molecule has 2 unspecified atom stereocenters. The van der Waals surface area contributed by atoms with Crippen LogP contribution in [0.2, 0.25) is 0 Å². The van der Waals surface area contributed by atoms with Crippen LogP contribution in [0.25, 0.3) is 0 Å². The lowest BCUT2D eigenvalue weighted by atomic mass is 10.0. The fraction of sp³-hybridized carbons (Fsp3) is 0.500. The lowest BCUT2D eigenvalue weighted by molar-refractivity contribution is -0.138. The Balaban J connectivity index is 1.76. The van der Waals surface area contributed by atoms with Crippen LogP contribution in [-0.2, 0) is 4.79 Å². The Morgan fingerprint density at radius 3 is 2.76 bits per heavy atom. The number of hydrogen-bond donors (Lipinski definition) is 2. The monoisotopic (exact) mass is 290 g/mol. The summed E-state index contributed by atoms with van der Waals surface area (Å²) in [5.74, 6) is -0.452. The molecule has 1 aromatic rings. The Morgan fingerprint density at radius 1 is 1.38 bits per heavy atom. The van der Waals surface area contributed by atoms with Gasteiger partial charge in [0.15, 0.2) is 0 Å². The molecular weight excluding hydrogens is 268 g/mol. The zero-order valence-electron chi connectivity index (χ0n) is 12.3. The van der Waals surface area contributed by atoms with Gasteiger partial charge in [-0.2, -0.15) is 0 Å². The molecule has 1 aromatic carbocycles. The number of benzene rings is 1. The Hall–Kier alpha value is -2.04. The summed E-state index contributed by atoms with van der Waals surface area (Å²) in [5.41, 5.74) is 1.20. The van der Waals surface area contributed by atoms with Gasteiger partial charge in [0.2, 0.25) is 0 Å². The minimum absolute atomic E-state index is 0.0831. The van der Waals surface area contributed by atoms with E-state index in [1.54, 1.807) is 4.90 Å². The van der Waals surface area contributed by atoms with E-state index in [2.05, 4.69) is 24.4 Å². The third-order valence-electron chi connectivity index (χ3n) is 3.96. The molecule has 0 radical (unpaired) electrons. The van der Waals surface area contributed by atoms with Gasteiger partial charge in [-0.1, -0.05) is 37.3 Å². The van der Waals surface area contributed by atoms with Crippen molar-refractivity contribution in [2.75, 3.05) is 19.6 Å². The summed E-state index contributed by atoms with van der Waals surface area (Å²) in [7, 11) is 0. The van der Waals surface area contributed by atoms with Crippen LogP contribution in [0.15, 0.2) is 30.3 Å². The number of urea groups is 1. The number of likely N-dealkylation sites (tertiary alicyclic amines) is 1. The first-order chi connectivity index (χ1) is 10.1. The van der Waals surface area contributed by atoms with Crippen molar-refractivity contribution in [3.05, 3.63) is 35.9 Å². The molecule has 0 aliphatic carbocycles. The number of carbonyl (C=O) groups is 2. The third kappa shape index (κ3) is 4.48. The Kier molecular flexibility index (Phi) is 5.20. The van der Waals surface area contributed by atoms with E-state index in [-0.39, 0.29) is 24.3 Å². The zero-order valence-corrected chi connectivity index (χ0v) is 12.3. The number of carboxylic acid groups (broad SMARTS) is 1. The van der Waals surface area contributed by atoms with E-state index >= 15 is 0 Å². The minimum atomic E-state index is -0.792. The number of rotatable bonds is 5. The van der Waals surface area contributed by atoms with Crippen LogP contribution in [-0.4, -0.2) is 41.6 Å². The molecule has 0 saturated carbocycles. The van der Waals surface area contributed by atoms with E-state index in [0.29, 0.717) is 19.6 Å². The molecule has 0 spiro atoms. The maximum atomic E-state index is 12.1. The summed E-state index contributed by atoms with van der Waals surface area (Å²) >= 11 is 0. The van der Waals surface area contributed by atoms with Crippen molar-refractivity contribution in [1.82, 2.24) is 10.2 Å². The lowest BCUT2D eigenvalue weighted by Gasteiger charge is -2.19. The quantitative estimate of drug-likeness (QED) is 0.874. The summed E-state index contributed by atoms with van der Waals surface area (Å²) in [5, 5.41) is 11.7. The molecule has 1 saturated heterocycles. The van der Waals surface area contributed by atoms with Crippen LogP contribution in [0.3, 0.4) is 0 Å². The second-order valence-corrected chi connectivity index (χ2v) is 5.70. The minimum Gasteiger partial charge on any atom is -0.481 e. The second kappa shape index (κ2) is 7.11. The molecule has 2 N–H and O–H groups in total. The highest BCUT2D eigenvalue weighted by molar-refractivity contribution is 5.75. The van der Waals surface area contributed by atoms with Crippen LogP contribution < -0.4 is 5.32 Å². The number of amides is 2.